The lowest BCUT2D eigenvalue weighted by atomic mass is 10.0. The van der Waals surface area contributed by atoms with Crippen molar-refractivity contribution in [2.24, 2.45) is 0 Å². The highest BCUT2D eigenvalue weighted by Gasteiger charge is 2.35. The van der Waals surface area contributed by atoms with Crippen LogP contribution in [0, 0.1) is 0 Å². The lowest BCUT2D eigenvalue weighted by Crippen LogP contribution is -2.47. The molecule has 6 heteroatoms. The molecule has 1 aliphatic carbocycles. The van der Waals surface area contributed by atoms with E-state index in [9.17, 15) is 9.59 Å². The molecule has 3 aromatic rings. The lowest BCUT2D eigenvalue weighted by molar-refractivity contribution is -0.127. The maximum Gasteiger partial charge on any atom is 0.248 e. The quantitative estimate of drug-likeness (QED) is 0.455. The molecule has 4 rings (SSSR count). The van der Waals surface area contributed by atoms with Gasteiger partial charge in [-0.2, -0.15) is 0 Å². The van der Waals surface area contributed by atoms with Gasteiger partial charge in [0, 0.05) is 10.9 Å². The Morgan fingerprint density at radius 3 is 2.45 bits per heavy atom. The molecule has 0 spiro atoms. The van der Waals surface area contributed by atoms with Crippen molar-refractivity contribution in [2.75, 3.05) is 11.5 Å². The third-order valence-electron chi connectivity index (χ3n) is 5.92. The number of hydrogen-bond donors (Lipinski definition) is 1. The van der Waals surface area contributed by atoms with E-state index in [0.717, 1.165) is 36.1 Å². The summed E-state index contributed by atoms with van der Waals surface area (Å²) in [6.07, 6.45) is 4.42. The predicted molar refractivity (Wildman–Crippen MR) is 133 cm³/mol. The van der Waals surface area contributed by atoms with Gasteiger partial charge in [-0.3, -0.25) is 14.5 Å². The zero-order chi connectivity index (χ0) is 23.0. The summed E-state index contributed by atoms with van der Waals surface area (Å²) in [7, 11) is 0. The Morgan fingerprint density at radius 1 is 1.03 bits per heavy atom. The molecule has 2 amide bonds. The van der Waals surface area contributed by atoms with Gasteiger partial charge in [-0.05, 0) is 48.9 Å². The molecule has 0 aliphatic heterocycles. The van der Waals surface area contributed by atoms with Crippen LogP contribution in [-0.2, 0) is 16.0 Å². The van der Waals surface area contributed by atoms with Crippen molar-refractivity contribution in [1.82, 2.24) is 5.32 Å². The van der Waals surface area contributed by atoms with Gasteiger partial charge >= 0.3 is 0 Å². The van der Waals surface area contributed by atoms with Gasteiger partial charge in [-0.15, -0.1) is 11.3 Å². The van der Waals surface area contributed by atoms with Crippen LogP contribution < -0.4 is 15.0 Å². The molecule has 1 N–H and O–H groups in total. The first-order chi connectivity index (χ1) is 16.2. The topological polar surface area (TPSA) is 58.6 Å². The van der Waals surface area contributed by atoms with E-state index < -0.39 is 6.04 Å². The van der Waals surface area contributed by atoms with Crippen molar-refractivity contribution in [1.29, 1.82) is 0 Å². The molecule has 1 fully saturated rings. The Bertz CT molecular complexity index is 1050. The zero-order valence-electron chi connectivity index (χ0n) is 18.9. The normalized spacial score (nSPS) is 14.6. The van der Waals surface area contributed by atoms with Gasteiger partial charge in [-0.1, -0.05) is 61.4 Å². The van der Waals surface area contributed by atoms with Crippen LogP contribution in [0.3, 0.4) is 0 Å². The van der Waals surface area contributed by atoms with Crippen molar-refractivity contribution in [2.45, 2.75) is 51.1 Å². The van der Waals surface area contributed by atoms with Crippen molar-refractivity contribution >= 4 is 28.8 Å². The Kier molecular flexibility index (Phi) is 7.79. The molecular formula is C27H30N2O3S. The average molecular weight is 463 g/mol. The lowest BCUT2D eigenvalue weighted by Gasteiger charge is -2.33. The number of carbonyl (C=O) groups is 2. The van der Waals surface area contributed by atoms with E-state index in [1.165, 1.54) is 0 Å². The molecule has 1 aromatic heterocycles. The molecule has 1 aliphatic rings. The second-order valence-corrected chi connectivity index (χ2v) is 9.26. The van der Waals surface area contributed by atoms with Gasteiger partial charge in [0.25, 0.3) is 0 Å². The fourth-order valence-electron chi connectivity index (χ4n) is 4.40. The Labute approximate surface area is 199 Å². The molecule has 33 heavy (non-hydrogen) atoms. The van der Waals surface area contributed by atoms with Crippen molar-refractivity contribution in [3.63, 3.8) is 0 Å². The van der Waals surface area contributed by atoms with Gasteiger partial charge in [0.15, 0.2) is 0 Å². The minimum absolute atomic E-state index is 0.139. The summed E-state index contributed by atoms with van der Waals surface area (Å²) in [5, 5.41) is 5.18. The van der Waals surface area contributed by atoms with Crippen LogP contribution in [0.1, 0.15) is 49.1 Å². The van der Waals surface area contributed by atoms with Gasteiger partial charge in [-0.25, -0.2) is 0 Å². The van der Waals surface area contributed by atoms with Crippen LogP contribution in [0.4, 0.5) is 5.69 Å². The van der Waals surface area contributed by atoms with Crippen molar-refractivity contribution in [3.8, 4) is 5.75 Å². The molecule has 172 valence electrons. The Balaban J connectivity index is 1.78. The molecule has 2 aromatic carbocycles. The summed E-state index contributed by atoms with van der Waals surface area (Å²) in [5.74, 6) is 0.299. The number of ether oxygens (including phenoxy) is 1. The number of carbonyl (C=O) groups excluding carboxylic acids is 2. The van der Waals surface area contributed by atoms with Gasteiger partial charge in [0.2, 0.25) is 11.8 Å². The predicted octanol–water partition coefficient (Wildman–Crippen LogP) is 5.52. The minimum Gasteiger partial charge on any atom is -0.492 e. The first kappa shape index (κ1) is 23.1. The van der Waals surface area contributed by atoms with E-state index in [-0.39, 0.29) is 24.3 Å². The number of nitrogens with zero attached hydrogens (tertiary/aromatic N) is 1. The van der Waals surface area contributed by atoms with E-state index in [4.69, 9.17) is 4.74 Å². The summed E-state index contributed by atoms with van der Waals surface area (Å²) in [6, 6.07) is 20.3. The minimum atomic E-state index is -0.791. The molecular weight excluding hydrogens is 432 g/mol. The molecule has 1 saturated carbocycles. The SMILES string of the molecule is CCOc1ccccc1N(C(=O)Cc1cccs1)[C@H](C(=O)NC1CCCC1)c1ccccc1. The van der Waals surface area contributed by atoms with E-state index in [1.54, 1.807) is 16.2 Å². The molecule has 1 atom stereocenters. The average Bonchev–Trinajstić information content (AvgIpc) is 3.53. The van der Waals surface area contributed by atoms with Gasteiger partial charge in [0.05, 0.1) is 18.7 Å². The zero-order valence-corrected chi connectivity index (χ0v) is 19.7. The number of benzene rings is 2. The van der Waals surface area contributed by atoms with E-state index in [2.05, 4.69) is 5.32 Å². The monoisotopic (exact) mass is 462 g/mol. The Hall–Kier alpha value is -3.12. The summed E-state index contributed by atoms with van der Waals surface area (Å²) < 4.78 is 5.88. The fraction of sp³-hybridized carbons (Fsp3) is 0.333. The largest absolute Gasteiger partial charge is 0.492 e. The van der Waals surface area contributed by atoms with E-state index in [1.807, 2.05) is 79.0 Å². The maximum atomic E-state index is 13.8. The first-order valence-corrected chi connectivity index (χ1v) is 12.5. The van der Waals surface area contributed by atoms with Crippen LogP contribution in [0.15, 0.2) is 72.1 Å². The maximum absolute atomic E-state index is 13.8. The van der Waals surface area contributed by atoms with Crippen LogP contribution in [0.25, 0.3) is 0 Å². The third kappa shape index (κ3) is 5.63. The summed E-state index contributed by atoms with van der Waals surface area (Å²) in [6.45, 7) is 2.38. The number of hydrogen-bond acceptors (Lipinski definition) is 4. The highest BCUT2D eigenvalue weighted by atomic mass is 32.1. The smallest absolute Gasteiger partial charge is 0.248 e. The van der Waals surface area contributed by atoms with Gasteiger partial charge < -0.3 is 10.1 Å². The number of nitrogens with one attached hydrogen (secondary N) is 1. The van der Waals surface area contributed by atoms with Crippen LogP contribution >= 0.6 is 11.3 Å². The number of thiophene rings is 1. The molecule has 1 heterocycles. The molecule has 0 unspecified atom stereocenters. The second-order valence-electron chi connectivity index (χ2n) is 8.22. The van der Waals surface area contributed by atoms with Crippen LogP contribution in [0.2, 0.25) is 0 Å². The standard InChI is InChI=1S/C27H30N2O3S/c1-2-32-24-17-9-8-16-23(24)29(25(30)19-22-15-10-18-33-22)26(20-11-4-3-5-12-20)27(31)28-21-13-6-7-14-21/h3-5,8-12,15-18,21,26H,2,6-7,13-14,19H2,1H3,(H,28,31)/t26-/m0/s1. The first-order valence-electron chi connectivity index (χ1n) is 11.6. The van der Waals surface area contributed by atoms with Crippen LogP contribution in [0.5, 0.6) is 5.75 Å². The summed E-state index contributed by atoms with van der Waals surface area (Å²) in [4.78, 5) is 30.2. The molecule has 5 nitrogen and oxygen atoms in total. The van der Waals surface area contributed by atoms with E-state index in [0.29, 0.717) is 18.0 Å². The van der Waals surface area contributed by atoms with E-state index >= 15 is 0 Å². The van der Waals surface area contributed by atoms with Gasteiger partial charge in [0.1, 0.15) is 11.8 Å². The van der Waals surface area contributed by atoms with Crippen molar-refractivity contribution in [3.05, 3.63) is 82.6 Å². The Morgan fingerprint density at radius 2 is 1.76 bits per heavy atom. The molecule has 0 radical (unpaired) electrons. The number of para-hydroxylation sites is 2. The number of anilines is 1. The third-order valence-corrected chi connectivity index (χ3v) is 6.80. The molecule has 0 saturated heterocycles. The summed E-state index contributed by atoms with van der Waals surface area (Å²) >= 11 is 1.54. The highest BCUT2D eigenvalue weighted by molar-refractivity contribution is 7.10. The molecule has 0 bridgehead atoms. The number of rotatable bonds is 9. The van der Waals surface area contributed by atoms with Crippen LogP contribution in [-0.4, -0.2) is 24.5 Å². The van der Waals surface area contributed by atoms with Crippen molar-refractivity contribution < 1.29 is 14.3 Å². The summed E-state index contributed by atoms with van der Waals surface area (Å²) in [5.41, 5.74) is 1.38. The second kappa shape index (κ2) is 11.1. The number of amides is 2. The fourth-order valence-corrected chi connectivity index (χ4v) is 5.10. The highest BCUT2D eigenvalue weighted by Crippen LogP contribution is 2.36.